The van der Waals surface area contributed by atoms with Crippen molar-refractivity contribution in [3.63, 3.8) is 0 Å². The highest BCUT2D eigenvalue weighted by atomic mass is 127. The van der Waals surface area contributed by atoms with Crippen LogP contribution < -0.4 is 0 Å². The van der Waals surface area contributed by atoms with Gasteiger partial charge in [-0.3, -0.25) is 0 Å². The number of rotatable bonds is 2. The highest BCUT2D eigenvalue weighted by Crippen LogP contribution is 2.26. The molecule has 5 heteroatoms. The Morgan fingerprint density at radius 2 is 2.27 bits per heavy atom. The molecule has 1 heterocycles. The lowest BCUT2D eigenvalue weighted by Crippen LogP contribution is -1.91. The summed E-state index contributed by atoms with van der Waals surface area (Å²) in [6, 6.07) is 0. The van der Waals surface area contributed by atoms with Crippen LogP contribution >= 0.6 is 22.6 Å². The Kier molecular flexibility index (Phi) is 2.58. The topological polar surface area (TPSA) is 30.2 Å². The van der Waals surface area contributed by atoms with E-state index in [9.17, 15) is 13.6 Å². The van der Waals surface area contributed by atoms with Gasteiger partial charge in [-0.1, -0.05) is 22.6 Å². The van der Waals surface area contributed by atoms with E-state index in [1.165, 1.54) is 0 Å². The van der Waals surface area contributed by atoms with Crippen molar-refractivity contribution < 1.29 is 18.0 Å². The van der Waals surface area contributed by atoms with Crippen LogP contribution in [0.15, 0.2) is 10.7 Å². The van der Waals surface area contributed by atoms with Crippen LogP contribution in [0.4, 0.5) is 8.78 Å². The Labute approximate surface area is 74.7 Å². The van der Waals surface area contributed by atoms with E-state index < -0.39 is 15.6 Å². The van der Waals surface area contributed by atoms with Crippen molar-refractivity contribution in [2.45, 2.75) is 3.92 Å². The van der Waals surface area contributed by atoms with Crippen LogP contribution in [-0.2, 0) is 4.79 Å². The van der Waals surface area contributed by atoms with Gasteiger partial charge in [0.15, 0.2) is 11.6 Å². The minimum atomic E-state index is -1.09. The fraction of sp³-hybridized carbons (Fsp3) is 0.167. The summed E-state index contributed by atoms with van der Waals surface area (Å²) in [7, 11) is 0. The van der Waals surface area contributed by atoms with Crippen LogP contribution in [0.1, 0.15) is 9.68 Å². The summed E-state index contributed by atoms with van der Waals surface area (Å²) in [5, 5.41) is 0. The molecule has 0 aliphatic rings. The second-order valence-electron chi connectivity index (χ2n) is 1.80. The zero-order valence-electron chi connectivity index (χ0n) is 5.18. The molecular formula is C6H3F2IO2. The molecule has 1 aromatic rings. The quantitative estimate of drug-likeness (QED) is 0.469. The van der Waals surface area contributed by atoms with E-state index in [1.807, 2.05) is 0 Å². The number of furan rings is 1. The first-order valence-corrected chi connectivity index (χ1v) is 3.93. The highest BCUT2D eigenvalue weighted by Gasteiger charge is 2.19. The Morgan fingerprint density at radius 1 is 1.64 bits per heavy atom. The molecule has 0 N–H and O–H groups in total. The molecule has 0 radical (unpaired) electrons. The molecule has 0 spiro atoms. The van der Waals surface area contributed by atoms with E-state index in [4.69, 9.17) is 0 Å². The fourth-order valence-corrected chi connectivity index (χ4v) is 1.00. The average molecular weight is 272 g/mol. The van der Waals surface area contributed by atoms with Gasteiger partial charge in [-0.05, 0) is 0 Å². The van der Waals surface area contributed by atoms with Crippen molar-refractivity contribution >= 4 is 28.9 Å². The normalized spacial score (nSPS) is 13.0. The number of halogens is 3. The SMILES string of the molecule is O=CC(I)c1occ(F)c1F. The van der Waals surface area contributed by atoms with Gasteiger partial charge in [-0.15, -0.1) is 0 Å². The average Bonchev–Trinajstić information content (AvgIpc) is 2.32. The number of alkyl halides is 1. The second-order valence-corrected chi connectivity index (χ2v) is 3.14. The smallest absolute Gasteiger partial charge is 0.201 e. The first-order valence-electron chi connectivity index (χ1n) is 2.68. The van der Waals surface area contributed by atoms with Crippen LogP contribution in [0.3, 0.4) is 0 Å². The molecule has 60 valence electrons. The van der Waals surface area contributed by atoms with Crippen LogP contribution in [-0.4, -0.2) is 6.29 Å². The molecule has 1 rings (SSSR count). The molecule has 1 aromatic heterocycles. The van der Waals surface area contributed by atoms with Gasteiger partial charge in [0.25, 0.3) is 0 Å². The number of carbonyl (C=O) groups excluding carboxylic acids is 1. The lowest BCUT2D eigenvalue weighted by Gasteiger charge is -1.93. The van der Waals surface area contributed by atoms with Gasteiger partial charge in [0.2, 0.25) is 5.82 Å². The molecular weight excluding hydrogens is 269 g/mol. The van der Waals surface area contributed by atoms with Gasteiger partial charge in [0.05, 0.1) is 0 Å². The lowest BCUT2D eigenvalue weighted by atomic mass is 10.3. The van der Waals surface area contributed by atoms with Gasteiger partial charge in [0.1, 0.15) is 16.5 Å². The van der Waals surface area contributed by atoms with Crippen molar-refractivity contribution in [2.24, 2.45) is 0 Å². The largest absolute Gasteiger partial charge is 0.461 e. The molecule has 0 fully saturated rings. The number of carbonyl (C=O) groups is 1. The lowest BCUT2D eigenvalue weighted by molar-refractivity contribution is -0.107. The van der Waals surface area contributed by atoms with E-state index in [0.29, 0.717) is 12.5 Å². The number of hydrogen-bond donors (Lipinski definition) is 0. The minimum absolute atomic E-state index is 0.266. The Morgan fingerprint density at radius 3 is 2.64 bits per heavy atom. The summed E-state index contributed by atoms with van der Waals surface area (Å²) in [4.78, 5) is 10.1. The second kappa shape index (κ2) is 3.29. The summed E-state index contributed by atoms with van der Waals surface area (Å²) in [6.45, 7) is 0. The van der Waals surface area contributed by atoms with Gasteiger partial charge >= 0.3 is 0 Å². The van der Waals surface area contributed by atoms with Crippen molar-refractivity contribution in [1.29, 1.82) is 0 Å². The third-order valence-corrected chi connectivity index (χ3v) is 1.94. The molecule has 1 atom stereocenters. The van der Waals surface area contributed by atoms with Gasteiger partial charge < -0.3 is 9.21 Å². The van der Waals surface area contributed by atoms with Crippen LogP contribution in [0.25, 0.3) is 0 Å². The molecule has 1 unspecified atom stereocenters. The molecule has 0 aliphatic heterocycles. The minimum Gasteiger partial charge on any atom is -0.461 e. The maximum absolute atomic E-state index is 12.6. The van der Waals surface area contributed by atoms with Crippen LogP contribution in [0.5, 0.6) is 0 Å². The first-order chi connectivity index (χ1) is 5.16. The van der Waals surface area contributed by atoms with Crippen molar-refractivity contribution in [3.8, 4) is 0 Å². The molecule has 0 saturated carbocycles. The Balaban J connectivity index is 3.03. The summed E-state index contributed by atoms with van der Waals surface area (Å²) in [6.07, 6.45) is 1.11. The third kappa shape index (κ3) is 1.58. The van der Waals surface area contributed by atoms with Crippen molar-refractivity contribution in [2.75, 3.05) is 0 Å². The number of aldehydes is 1. The van der Waals surface area contributed by atoms with E-state index in [0.717, 1.165) is 0 Å². The summed E-state index contributed by atoms with van der Waals surface area (Å²) >= 11 is 1.64. The molecule has 11 heavy (non-hydrogen) atoms. The monoisotopic (exact) mass is 272 g/mol. The maximum atomic E-state index is 12.6. The van der Waals surface area contributed by atoms with E-state index in [-0.39, 0.29) is 5.76 Å². The Bertz CT molecular complexity index is 272. The zero-order valence-corrected chi connectivity index (χ0v) is 7.34. The molecule has 0 bridgehead atoms. The Hall–Kier alpha value is -0.460. The van der Waals surface area contributed by atoms with E-state index in [2.05, 4.69) is 4.42 Å². The molecule has 2 nitrogen and oxygen atoms in total. The van der Waals surface area contributed by atoms with Crippen molar-refractivity contribution in [1.82, 2.24) is 0 Å². The predicted octanol–water partition coefficient (Wildman–Crippen LogP) is 2.23. The maximum Gasteiger partial charge on any atom is 0.201 e. The van der Waals surface area contributed by atoms with Crippen LogP contribution in [0.2, 0.25) is 0 Å². The van der Waals surface area contributed by atoms with Crippen LogP contribution in [0, 0.1) is 11.6 Å². The van der Waals surface area contributed by atoms with Gasteiger partial charge in [-0.25, -0.2) is 4.39 Å². The van der Waals surface area contributed by atoms with E-state index >= 15 is 0 Å². The molecule has 0 saturated heterocycles. The summed E-state index contributed by atoms with van der Waals surface area (Å²) < 4.78 is 28.5. The van der Waals surface area contributed by atoms with Gasteiger partial charge in [0, 0.05) is 0 Å². The highest BCUT2D eigenvalue weighted by molar-refractivity contribution is 14.1. The van der Waals surface area contributed by atoms with E-state index in [1.54, 1.807) is 22.6 Å². The zero-order chi connectivity index (χ0) is 8.43. The first kappa shape index (κ1) is 8.63. The summed E-state index contributed by atoms with van der Waals surface area (Å²) in [5.41, 5.74) is 0. The molecule has 0 aromatic carbocycles. The molecule has 0 aliphatic carbocycles. The third-order valence-electron chi connectivity index (χ3n) is 1.09. The summed E-state index contributed by atoms with van der Waals surface area (Å²) in [5.74, 6) is -2.42. The van der Waals surface area contributed by atoms with Crippen molar-refractivity contribution in [3.05, 3.63) is 23.7 Å². The predicted molar refractivity (Wildman–Crippen MR) is 41.4 cm³/mol. The molecule has 0 amide bonds. The van der Waals surface area contributed by atoms with Gasteiger partial charge in [-0.2, -0.15) is 4.39 Å². The number of hydrogen-bond acceptors (Lipinski definition) is 2. The fourth-order valence-electron chi connectivity index (χ4n) is 0.584. The standard InChI is InChI=1S/C6H3F2IO2/c7-3-2-11-6(5(3)8)4(9)1-10/h1-2,4H.